The average Bonchev–Trinajstić information content (AvgIpc) is 3.38. The van der Waals surface area contributed by atoms with Crippen molar-refractivity contribution in [2.45, 2.75) is 58.0 Å². The van der Waals surface area contributed by atoms with E-state index in [1.165, 1.54) is 24.0 Å². The summed E-state index contributed by atoms with van der Waals surface area (Å²) in [5.41, 5.74) is 5.86. The Bertz CT molecular complexity index is 1050. The molecule has 1 unspecified atom stereocenters. The van der Waals surface area contributed by atoms with Gasteiger partial charge in [-0.2, -0.15) is 0 Å². The van der Waals surface area contributed by atoms with E-state index in [0.29, 0.717) is 0 Å². The number of likely N-dealkylation sites (tertiary alicyclic amines) is 1. The lowest BCUT2D eigenvalue weighted by molar-refractivity contribution is 0.204. The van der Waals surface area contributed by atoms with Crippen LogP contribution >= 0.6 is 0 Å². The summed E-state index contributed by atoms with van der Waals surface area (Å²) in [6, 6.07) is 14.6. The Morgan fingerprint density at radius 3 is 2.86 bits per heavy atom. The highest BCUT2D eigenvalue weighted by Gasteiger charge is 2.34. The first-order chi connectivity index (χ1) is 14.3. The summed E-state index contributed by atoms with van der Waals surface area (Å²) < 4.78 is 2.26. The molecule has 2 heterocycles. The fourth-order valence-corrected chi connectivity index (χ4v) is 5.04. The van der Waals surface area contributed by atoms with E-state index in [2.05, 4.69) is 53.2 Å². The highest BCUT2D eigenvalue weighted by atomic mass is 16.2. The third kappa shape index (κ3) is 3.18. The maximum absolute atomic E-state index is 13.3. The van der Waals surface area contributed by atoms with Crippen LogP contribution in [-0.2, 0) is 19.4 Å². The van der Waals surface area contributed by atoms with Gasteiger partial charge in [0.2, 0.25) is 0 Å². The molecule has 0 spiro atoms. The fraction of sp³-hybridized carbons (Fsp3) is 0.417. The number of aryl methyl sites for hydroxylation is 2. The maximum Gasteiger partial charge on any atom is 0.322 e. The lowest BCUT2D eigenvalue weighted by atomic mass is 9.90. The third-order valence-corrected chi connectivity index (χ3v) is 6.45. The molecule has 1 aliphatic heterocycles. The number of benzene rings is 2. The first-order valence-electron chi connectivity index (χ1n) is 10.9. The summed E-state index contributed by atoms with van der Waals surface area (Å²) in [6.45, 7) is 3.78. The molecule has 1 atom stereocenters. The van der Waals surface area contributed by atoms with Gasteiger partial charge in [0.1, 0.15) is 5.82 Å². The van der Waals surface area contributed by atoms with Gasteiger partial charge in [-0.1, -0.05) is 24.3 Å². The van der Waals surface area contributed by atoms with Crippen molar-refractivity contribution in [1.29, 1.82) is 0 Å². The zero-order valence-corrected chi connectivity index (χ0v) is 17.0. The largest absolute Gasteiger partial charge is 0.327 e. The van der Waals surface area contributed by atoms with E-state index in [0.717, 1.165) is 61.3 Å². The van der Waals surface area contributed by atoms with Crippen LogP contribution in [0.3, 0.4) is 0 Å². The lowest BCUT2D eigenvalue weighted by Gasteiger charge is -2.26. The maximum atomic E-state index is 13.3. The summed E-state index contributed by atoms with van der Waals surface area (Å²) in [6.07, 6.45) is 6.59. The Kier molecular flexibility index (Phi) is 4.74. The summed E-state index contributed by atoms with van der Waals surface area (Å²) in [7, 11) is 0. The normalized spacial score (nSPS) is 18.8. The molecule has 0 radical (unpaired) electrons. The SMILES string of the molecule is CCn1c(C2CCCN2C(=O)Nc2cccc3c2CCCC3)nc2ccccc21. The van der Waals surface area contributed by atoms with Crippen LogP contribution in [0, 0.1) is 0 Å². The molecule has 29 heavy (non-hydrogen) atoms. The Balaban J connectivity index is 1.44. The molecule has 2 aliphatic rings. The van der Waals surface area contributed by atoms with Gasteiger partial charge in [-0.25, -0.2) is 9.78 Å². The second-order valence-electron chi connectivity index (χ2n) is 8.13. The molecule has 5 nitrogen and oxygen atoms in total. The number of nitrogens with zero attached hydrogens (tertiary/aromatic N) is 3. The van der Waals surface area contributed by atoms with Crippen LogP contribution in [0.5, 0.6) is 0 Å². The monoisotopic (exact) mass is 388 g/mol. The van der Waals surface area contributed by atoms with Gasteiger partial charge in [0.15, 0.2) is 0 Å². The van der Waals surface area contributed by atoms with Gasteiger partial charge >= 0.3 is 6.03 Å². The number of carbonyl (C=O) groups is 1. The van der Waals surface area contributed by atoms with Crippen molar-refractivity contribution in [3.63, 3.8) is 0 Å². The Morgan fingerprint density at radius 2 is 1.97 bits per heavy atom. The van der Waals surface area contributed by atoms with E-state index in [9.17, 15) is 4.79 Å². The quantitative estimate of drug-likeness (QED) is 0.661. The zero-order valence-electron chi connectivity index (χ0n) is 17.0. The van der Waals surface area contributed by atoms with Crippen molar-refractivity contribution in [3.05, 3.63) is 59.4 Å². The number of aromatic nitrogens is 2. The Morgan fingerprint density at radius 1 is 1.10 bits per heavy atom. The molecule has 2 amide bonds. The van der Waals surface area contributed by atoms with Gasteiger partial charge in [0, 0.05) is 18.8 Å². The number of imidazole rings is 1. The number of urea groups is 1. The summed E-state index contributed by atoms with van der Waals surface area (Å²) in [4.78, 5) is 20.2. The molecule has 3 aromatic rings. The minimum absolute atomic E-state index is 0.00110. The van der Waals surface area contributed by atoms with Crippen molar-refractivity contribution in [2.75, 3.05) is 11.9 Å². The van der Waals surface area contributed by atoms with Gasteiger partial charge in [-0.3, -0.25) is 0 Å². The van der Waals surface area contributed by atoms with Crippen LogP contribution in [0.2, 0.25) is 0 Å². The fourth-order valence-electron chi connectivity index (χ4n) is 5.04. The number of rotatable bonds is 3. The highest BCUT2D eigenvalue weighted by molar-refractivity contribution is 5.91. The lowest BCUT2D eigenvalue weighted by Crippen LogP contribution is -2.36. The van der Waals surface area contributed by atoms with Crippen molar-refractivity contribution < 1.29 is 4.79 Å². The molecule has 1 aromatic heterocycles. The van der Waals surface area contributed by atoms with Crippen molar-refractivity contribution in [3.8, 4) is 0 Å². The smallest absolute Gasteiger partial charge is 0.322 e. The van der Waals surface area contributed by atoms with E-state index >= 15 is 0 Å². The Hall–Kier alpha value is -2.82. The number of amides is 2. The van der Waals surface area contributed by atoms with Gasteiger partial charge in [0.25, 0.3) is 0 Å². The predicted octanol–water partition coefficient (Wildman–Crippen LogP) is 5.30. The third-order valence-electron chi connectivity index (χ3n) is 6.45. The molecule has 1 fully saturated rings. The molecule has 5 rings (SSSR count). The minimum atomic E-state index is 0.00110. The van der Waals surface area contributed by atoms with E-state index in [4.69, 9.17) is 4.98 Å². The van der Waals surface area contributed by atoms with Gasteiger partial charge in [-0.05, 0) is 74.8 Å². The molecule has 150 valence electrons. The van der Waals surface area contributed by atoms with Crippen molar-refractivity contribution in [1.82, 2.24) is 14.5 Å². The molecule has 0 saturated carbocycles. The van der Waals surface area contributed by atoms with Crippen LogP contribution < -0.4 is 5.32 Å². The van der Waals surface area contributed by atoms with Gasteiger partial charge in [0.05, 0.1) is 17.1 Å². The number of para-hydroxylation sites is 2. The topological polar surface area (TPSA) is 50.2 Å². The van der Waals surface area contributed by atoms with Crippen LogP contribution in [0.15, 0.2) is 42.5 Å². The standard InChI is InChI=1S/C24H28N4O/c1-2-27-21-14-6-5-12-20(21)25-23(27)22-15-8-16-28(22)24(29)26-19-13-7-10-17-9-3-4-11-18(17)19/h5-7,10,12-14,22H,2-4,8-9,11,15-16H2,1H3,(H,26,29). The van der Waals surface area contributed by atoms with Crippen LogP contribution in [-0.4, -0.2) is 27.0 Å². The number of carbonyl (C=O) groups excluding carboxylic acids is 1. The summed E-state index contributed by atoms with van der Waals surface area (Å²) in [5.74, 6) is 1.01. The first kappa shape index (κ1) is 18.2. The van der Waals surface area contributed by atoms with Crippen molar-refractivity contribution in [2.24, 2.45) is 0 Å². The number of nitrogens with one attached hydrogen (secondary N) is 1. The number of hydrogen-bond donors (Lipinski definition) is 1. The van der Waals surface area contributed by atoms with Crippen LogP contribution in [0.25, 0.3) is 11.0 Å². The van der Waals surface area contributed by atoms with E-state index in [1.807, 2.05) is 11.0 Å². The zero-order chi connectivity index (χ0) is 19.8. The number of fused-ring (bicyclic) bond motifs is 2. The molecular weight excluding hydrogens is 360 g/mol. The number of hydrogen-bond acceptors (Lipinski definition) is 2. The second-order valence-corrected chi connectivity index (χ2v) is 8.13. The van der Waals surface area contributed by atoms with Gasteiger partial charge in [-0.15, -0.1) is 0 Å². The molecule has 1 saturated heterocycles. The van der Waals surface area contributed by atoms with Crippen molar-refractivity contribution >= 4 is 22.8 Å². The molecule has 5 heteroatoms. The first-order valence-corrected chi connectivity index (χ1v) is 10.9. The summed E-state index contributed by atoms with van der Waals surface area (Å²) in [5, 5.41) is 3.23. The molecular formula is C24H28N4O. The summed E-state index contributed by atoms with van der Waals surface area (Å²) >= 11 is 0. The average molecular weight is 389 g/mol. The van der Waals surface area contributed by atoms with E-state index in [-0.39, 0.29) is 12.1 Å². The molecule has 0 bridgehead atoms. The second kappa shape index (κ2) is 7.54. The number of anilines is 1. The van der Waals surface area contributed by atoms with Crippen LogP contribution in [0.4, 0.5) is 10.5 Å². The van der Waals surface area contributed by atoms with Gasteiger partial charge < -0.3 is 14.8 Å². The van der Waals surface area contributed by atoms with E-state index < -0.39 is 0 Å². The van der Waals surface area contributed by atoms with Crippen LogP contribution in [0.1, 0.15) is 55.6 Å². The minimum Gasteiger partial charge on any atom is -0.327 e. The molecule has 1 N–H and O–H groups in total. The molecule has 2 aromatic carbocycles. The van der Waals surface area contributed by atoms with E-state index in [1.54, 1.807) is 0 Å². The predicted molar refractivity (Wildman–Crippen MR) is 116 cm³/mol. The Labute approximate surface area is 171 Å². The highest BCUT2D eigenvalue weighted by Crippen LogP contribution is 2.35. The molecule has 1 aliphatic carbocycles.